The summed E-state index contributed by atoms with van der Waals surface area (Å²) >= 11 is 0. The van der Waals surface area contributed by atoms with Crippen molar-refractivity contribution in [3.8, 4) is 5.82 Å². The molecule has 2 aromatic heterocycles. The minimum absolute atomic E-state index is 0.232. The van der Waals surface area contributed by atoms with Crippen LogP contribution in [0.25, 0.3) is 5.82 Å². The Morgan fingerprint density at radius 1 is 1.25 bits per heavy atom. The Balaban J connectivity index is 1.95. The number of pyridine rings is 1. The van der Waals surface area contributed by atoms with Crippen LogP contribution in [0.15, 0.2) is 55.1 Å². The van der Waals surface area contributed by atoms with Crippen molar-refractivity contribution in [3.63, 3.8) is 0 Å². The van der Waals surface area contributed by atoms with Gasteiger partial charge < -0.3 is 5.32 Å². The van der Waals surface area contributed by atoms with Gasteiger partial charge in [-0.3, -0.25) is 9.36 Å². The molecule has 0 aliphatic rings. The molecule has 122 valence electrons. The SMILES string of the molecule is CC(C)c1cc(C(=O)Nc2cccc(F)c2)nc(-n2ccnc2)c1. The van der Waals surface area contributed by atoms with Crippen LogP contribution in [0.2, 0.25) is 0 Å². The number of benzene rings is 1. The standard InChI is InChI=1S/C18H17FN4O/c1-12(2)13-8-16(22-17(9-13)23-7-6-20-11-23)18(24)21-15-5-3-4-14(19)10-15/h3-12H,1-2H3,(H,21,24). The van der Waals surface area contributed by atoms with Gasteiger partial charge in [-0.05, 0) is 41.8 Å². The highest BCUT2D eigenvalue weighted by Crippen LogP contribution is 2.19. The Kier molecular flexibility index (Phi) is 4.37. The lowest BCUT2D eigenvalue weighted by molar-refractivity contribution is 0.102. The number of amides is 1. The fourth-order valence-corrected chi connectivity index (χ4v) is 2.27. The maximum Gasteiger partial charge on any atom is 0.274 e. The topological polar surface area (TPSA) is 59.8 Å². The van der Waals surface area contributed by atoms with Gasteiger partial charge in [0.15, 0.2) is 0 Å². The van der Waals surface area contributed by atoms with Crippen LogP contribution in [-0.2, 0) is 0 Å². The molecule has 0 unspecified atom stereocenters. The zero-order chi connectivity index (χ0) is 17.1. The summed E-state index contributed by atoms with van der Waals surface area (Å²) in [5.74, 6) is 0.0549. The summed E-state index contributed by atoms with van der Waals surface area (Å²) < 4.78 is 15.0. The molecular formula is C18H17FN4O. The number of carbonyl (C=O) groups is 1. The molecule has 24 heavy (non-hydrogen) atoms. The second kappa shape index (κ2) is 6.62. The van der Waals surface area contributed by atoms with Crippen LogP contribution in [0.4, 0.5) is 10.1 Å². The molecule has 0 radical (unpaired) electrons. The number of halogens is 1. The Morgan fingerprint density at radius 2 is 2.08 bits per heavy atom. The third kappa shape index (κ3) is 3.48. The first-order chi connectivity index (χ1) is 11.5. The van der Waals surface area contributed by atoms with Gasteiger partial charge in [-0.2, -0.15) is 0 Å². The summed E-state index contributed by atoms with van der Waals surface area (Å²) in [5.41, 5.74) is 1.65. The summed E-state index contributed by atoms with van der Waals surface area (Å²) in [4.78, 5) is 20.9. The zero-order valence-corrected chi connectivity index (χ0v) is 13.4. The first-order valence-corrected chi connectivity index (χ1v) is 7.60. The predicted octanol–water partition coefficient (Wildman–Crippen LogP) is 3.78. The highest BCUT2D eigenvalue weighted by Gasteiger charge is 2.13. The van der Waals surface area contributed by atoms with Gasteiger partial charge in [0.2, 0.25) is 0 Å². The number of anilines is 1. The highest BCUT2D eigenvalue weighted by molar-refractivity contribution is 6.03. The van der Waals surface area contributed by atoms with E-state index in [0.717, 1.165) is 5.56 Å². The molecule has 0 spiro atoms. The number of aromatic nitrogens is 3. The van der Waals surface area contributed by atoms with Gasteiger partial charge in [0, 0.05) is 18.1 Å². The largest absolute Gasteiger partial charge is 0.321 e. The summed E-state index contributed by atoms with van der Waals surface area (Å²) in [6.07, 6.45) is 5.04. The average molecular weight is 324 g/mol. The smallest absolute Gasteiger partial charge is 0.274 e. The van der Waals surface area contributed by atoms with E-state index in [0.29, 0.717) is 11.5 Å². The van der Waals surface area contributed by atoms with E-state index in [-0.39, 0.29) is 17.5 Å². The first kappa shape index (κ1) is 15.9. The Hall–Kier alpha value is -3.02. The number of rotatable bonds is 4. The van der Waals surface area contributed by atoms with Crippen LogP contribution < -0.4 is 5.32 Å². The quantitative estimate of drug-likeness (QED) is 0.794. The summed E-state index contributed by atoms with van der Waals surface area (Å²) in [7, 11) is 0. The van der Waals surface area contributed by atoms with E-state index in [4.69, 9.17) is 0 Å². The molecule has 2 heterocycles. The van der Waals surface area contributed by atoms with Crippen molar-refractivity contribution in [2.45, 2.75) is 19.8 Å². The minimum atomic E-state index is -0.407. The molecule has 0 aliphatic heterocycles. The number of hydrogen-bond acceptors (Lipinski definition) is 3. The third-order valence-electron chi connectivity index (χ3n) is 3.58. The summed E-state index contributed by atoms with van der Waals surface area (Å²) in [6, 6.07) is 9.43. The number of nitrogens with zero attached hydrogens (tertiary/aromatic N) is 3. The van der Waals surface area contributed by atoms with Crippen molar-refractivity contribution in [2.75, 3.05) is 5.32 Å². The lowest BCUT2D eigenvalue weighted by atomic mass is 10.0. The van der Waals surface area contributed by atoms with Crippen LogP contribution in [0, 0.1) is 5.82 Å². The molecule has 0 aliphatic carbocycles. The van der Waals surface area contributed by atoms with E-state index in [1.807, 2.05) is 19.9 Å². The molecule has 0 saturated heterocycles. The molecule has 1 amide bonds. The van der Waals surface area contributed by atoms with Gasteiger partial charge in [-0.1, -0.05) is 19.9 Å². The normalized spacial score (nSPS) is 10.8. The molecule has 0 saturated carbocycles. The van der Waals surface area contributed by atoms with Crippen LogP contribution in [0.3, 0.4) is 0 Å². The van der Waals surface area contributed by atoms with Crippen molar-refractivity contribution in [1.82, 2.24) is 14.5 Å². The number of nitrogens with one attached hydrogen (secondary N) is 1. The van der Waals surface area contributed by atoms with Gasteiger partial charge in [0.05, 0.1) is 0 Å². The van der Waals surface area contributed by atoms with Crippen LogP contribution in [-0.4, -0.2) is 20.4 Å². The van der Waals surface area contributed by atoms with Gasteiger partial charge in [-0.25, -0.2) is 14.4 Å². The van der Waals surface area contributed by atoms with E-state index in [9.17, 15) is 9.18 Å². The molecule has 3 rings (SSSR count). The Bertz CT molecular complexity index is 859. The second-order valence-corrected chi connectivity index (χ2v) is 5.73. The van der Waals surface area contributed by atoms with E-state index < -0.39 is 5.82 Å². The van der Waals surface area contributed by atoms with Crippen molar-refractivity contribution in [3.05, 3.63) is 72.2 Å². The first-order valence-electron chi connectivity index (χ1n) is 7.60. The van der Waals surface area contributed by atoms with Crippen molar-refractivity contribution in [1.29, 1.82) is 0 Å². The molecule has 5 nitrogen and oxygen atoms in total. The fourth-order valence-electron chi connectivity index (χ4n) is 2.27. The number of imidazole rings is 1. The molecule has 0 bridgehead atoms. The molecule has 3 aromatic rings. The minimum Gasteiger partial charge on any atom is -0.321 e. The lowest BCUT2D eigenvalue weighted by Gasteiger charge is -2.12. The van der Waals surface area contributed by atoms with Gasteiger partial charge in [-0.15, -0.1) is 0 Å². The second-order valence-electron chi connectivity index (χ2n) is 5.73. The molecular weight excluding hydrogens is 307 g/mol. The average Bonchev–Trinajstić information content (AvgIpc) is 3.09. The summed E-state index contributed by atoms with van der Waals surface area (Å²) in [6.45, 7) is 4.09. The lowest BCUT2D eigenvalue weighted by Crippen LogP contribution is -2.15. The molecule has 6 heteroatoms. The van der Waals surface area contributed by atoms with E-state index >= 15 is 0 Å². The van der Waals surface area contributed by atoms with E-state index in [2.05, 4.69) is 15.3 Å². The molecule has 0 atom stereocenters. The third-order valence-corrected chi connectivity index (χ3v) is 3.58. The summed E-state index contributed by atoms with van der Waals surface area (Å²) in [5, 5.41) is 2.67. The highest BCUT2D eigenvalue weighted by atomic mass is 19.1. The Labute approximate surface area is 139 Å². The van der Waals surface area contributed by atoms with Crippen molar-refractivity contribution < 1.29 is 9.18 Å². The fraction of sp³-hybridized carbons (Fsp3) is 0.167. The van der Waals surface area contributed by atoms with Crippen molar-refractivity contribution >= 4 is 11.6 Å². The van der Waals surface area contributed by atoms with Crippen LogP contribution >= 0.6 is 0 Å². The van der Waals surface area contributed by atoms with Gasteiger partial charge >= 0.3 is 0 Å². The van der Waals surface area contributed by atoms with E-state index in [1.54, 1.807) is 41.5 Å². The zero-order valence-electron chi connectivity index (χ0n) is 13.4. The van der Waals surface area contributed by atoms with Gasteiger partial charge in [0.25, 0.3) is 5.91 Å². The van der Waals surface area contributed by atoms with Gasteiger partial charge in [0.1, 0.15) is 23.7 Å². The predicted molar refractivity (Wildman–Crippen MR) is 89.8 cm³/mol. The molecule has 1 aromatic carbocycles. The molecule has 0 fully saturated rings. The van der Waals surface area contributed by atoms with Crippen molar-refractivity contribution in [2.24, 2.45) is 0 Å². The molecule has 1 N–H and O–H groups in total. The van der Waals surface area contributed by atoms with E-state index in [1.165, 1.54) is 12.1 Å². The number of carbonyl (C=O) groups excluding carboxylic acids is 1. The Morgan fingerprint density at radius 3 is 2.75 bits per heavy atom. The van der Waals surface area contributed by atoms with Crippen LogP contribution in [0.5, 0.6) is 0 Å². The monoisotopic (exact) mass is 324 g/mol. The maximum absolute atomic E-state index is 13.3. The van der Waals surface area contributed by atoms with Crippen LogP contribution in [0.1, 0.15) is 35.8 Å². The number of hydrogen-bond donors (Lipinski definition) is 1. The maximum atomic E-state index is 13.3.